The van der Waals surface area contributed by atoms with Crippen LogP contribution in [0.5, 0.6) is 0 Å². The number of halogens is 1. The third-order valence-corrected chi connectivity index (χ3v) is 11.3. The van der Waals surface area contributed by atoms with Crippen molar-refractivity contribution in [3.63, 3.8) is 0 Å². The molecule has 53 heavy (non-hydrogen) atoms. The number of carbonyl (C=O) groups excluding carboxylic acids is 4. The first-order valence-electron chi connectivity index (χ1n) is 18.0. The van der Waals surface area contributed by atoms with E-state index in [0.717, 1.165) is 51.0 Å². The summed E-state index contributed by atoms with van der Waals surface area (Å²) in [5, 5.41) is 15.0. The van der Waals surface area contributed by atoms with Gasteiger partial charge in [0.2, 0.25) is 23.3 Å². The molecule has 2 aromatic rings. The van der Waals surface area contributed by atoms with Crippen LogP contribution in [0.3, 0.4) is 0 Å². The summed E-state index contributed by atoms with van der Waals surface area (Å²) in [5.74, 6) is -1.38. The van der Waals surface area contributed by atoms with Crippen LogP contribution in [-0.4, -0.2) is 115 Å². The molecule has 1 saturated carbocycles. The van der Waals surface area contributed by atoms with E-state index in [0.29, 0.717) is 35.2 Å². The monoisotopic (exact) mass is 762 g/mol. The zero-order valence-corrected chi connectivity index (χ0v) is 32.0. The minimum Gasteiger partial charge on any atom is -0.377 e. The highest BCUT2D eigenvalue weighted by Gasteiger charge is 2.57. The lowest BCUT2D eigenvalue weighted by Crippen LogP contribution is -2.58. The summed E-state index contributed by atoms with van der Waals surface area (Å²) in [7, 11) is 0. The van der Waals surface area contributed by atoms with Crippen molar-refractivity contribution < 1.29 is 28.5 Å². The minimum absolute atomic E-state index is 0.0939. The Kier molecular flexibility index (Phi) is 11.7. The summed E-state index contributed by atoms with van der Waals surface area (Å²) in [5.41, 5.74) is 1.90. The maximum atomic E-state index is 13.6. The first-order valence-corrected chi connectivity index (χ1v) is 18.8. The van der Waals surface area contributed by atoms with Crippen molar-refractivity contribution in [3.8, 4) is 6.07 Å². The Hall–Kier alpha value is -4.20. The second-order valence-corrected chi connectivity index (χ2v) is 15.5. The van der Waals surface area contributed by atoms with E-state index in [1.54, 1.807) is 24.4 Å². The Labute approximate surface area is 319 Å². The molecule has 0 radical (unpaired) electrons. The van der Waals surface area contributed by atoms with E-state index in [1.165, 1.54) is 11.1 Å². The predicted molar refractivity (Wildman–Crippen MR) is 202 cm³/mol. The van der Waals surface area contributed by atoms with Crippen molar-refractivity contribution in [1.82, 2.24) is 25.1 Å². The van der Waals surface area contributed by atoms with Gasteiger partial charge in [0.15, 0.2) is 11.4 Å². The molecule has 3 aliphatic heterocycles. The maximum absolute atomic E-state index is 13.6. The van der Waals surface area contributed by atoms with E-state index in [9.17, 15) is 24.4 Å². The highest BCUT2D eigenvalue weighted by atomic mass is 35.5. The SMILES string of the molecule is C[C@@H]1CN(CCOC2CCC(=[N+]3C(=S)N(c4cnc(C#N)c(Cl)c4)C(=O)C3(C)C)CC2)C[C@H](C)N1CC(=O)Nc1ccc(C2CCC(=O)NC2=O)nc1. The fourth-order valence-corrected chi connectivity index (χ4v) is 8.59. The van der Waals surface area contributed by atoms with Gasteiger partial charge in [-0.3, -0.25) is 34.5 Å². The number of nitriles is 1. The Morgan fingerprint density at radius 3 is 2.45 bits per heavy atom. The van der Waals surface area contributed by atoms with Crippen molar-refractivity contribution in [2.45, 2.75) is 95.9 Å². The summed E-state index contributed by atoms with van der Waals surface area (Å²) >= 11 is 12.1. The molecule has 5 heterocycles. The molecule has 6 rings (SSSR count). The van der Waals surface area contributed by atoms with Crippen molar-refractivity contribution in [1.29, 1.82) is 5.26 Å². The van der Waals surface area contributed by atoms with Crippen LogP contribution in [0.4, 0.5) is 11.4 Å². The van der Waals surface area contributed by atoms with Crippen molar-refractivity contribution in [2.24, 2.45) is 0 Å². The number of anilines is 2. The lowest BCUT2D eigenvalue weighted by atomic mass is 9.93. The van der Waals surface area contributed by atoms with Crippen molar-refractivity contribution in [3.05, 3.63) is 47.0 Å². The molecule has 16 heteroatoms. The van der Waals surface area contributed by atoms with E-state index in [-0.39, 0.29) is 65.5 Å². The van der Waals surface area contributed by atoms with Crippen molar-refractivity contribution in [2.75, 3.05) is 43.0 Å². The molecule has 14 nitrogen and oxygen atoms in total. The maximum Gasteiger partial charge on any atom is 0.363 e. The number of carbonyl (C=O) groups is 4. The van der Waals surface area contributed by atoms with Gasteiger partial charge in [-0.05, 0) is 59.1 Å². The number of aromatic nitrogens is 2. The van der Waals surface area contributed by atoms with Gasteiger partial charge in [0, 0.05) is 69.3 Å². The number of nitrogens with zero attached hydrogens (tertiary/aromatic N) is 7. The second kappa shape index (κ2) is 16.0. The highest BCUT2D eigenvalue weighted by Crippen LogP contribution is 2.33. The van der Waals surface area contributed by atoms with Crippen LogP contribution in [0, 0.1) is 11.3 Å². The lowest BCUT2D eigenvalue weighted by Gasteiger charge is -2.44. The number of amides is 4. The molecule has 1 aliphatic carbocycles. The van der Waals surface area contributed by atoms with Gasteiger partial charge in [-0.15, -0.1) is 4.90 Å². The van der Waals surface area contributed by atoms with E-state index < -0.39 is 11.5 Å². The number of pyridine rings is 2. The molecule has 3 atom stereocenters. The second-order valence-electron chi connectivity index (χ2n) is 14.7. The lowest BCUT2D eigenvalue weighted by molar-refractivity contribution is -0.468. The van der Waals surface area contributed by atoms with Crippen LogP contribution in [0.25, 0.3) is 0 Å². The molecule has 4 aliphatic rings. The number of piperazine rings is 1. The molecule has 0 aromatic carbocycles. The Bertz CT molecular complexity index is 1860. The molecule has 0 bridgehead atoms. The summed E-state index contributed by atoms with van der Waals surface area (Å²) in [6.07, 6.45) is 7.00. The first-order chi connectivity index (χ1) is 25.3. The van der Waals surface area contributed by atoms with Gasteiger partial charge in [-0.2, -0.15) is 5.26 Å². The average molecular weight is 763 g/mol. The number of ether oxygens (including phenoxy) is 1. The Morgan fingerprint density at radius 1 is 1.11 bits per heavy atom. The number of piperidine rings is 1. The van der Waals surface area contributed by atoms with Crippen LogP contribution in [0.15, 0.2) is 30.6 Å². The number of rotatable bonds is 9. The molecule has 1 unspecified atom stereocenters. The van der Waals surface area contributed by atoms with Gasteiger partial charge in [0.25, 0.3) is 0 Å². The molecule has 4 amide bonds. The molecular weight excluding hydrogens is 718 g/mol. The van der Waals surface area contributed by atoms with Crippen LogP contribution in [0.1, 0.15) is 83.5 Å². The smallest absolute Gasteiger partial charge is 0.363 e. The molecule has 0 spiro atoms. The van der Waals surface area contributed by atoms with Crippen LogP contribution < -0.4 is 15.5 Å². The van der Waals surface area contributed by atoms with Crippen LogP contribution in [0.2, 0.25) is 5.02 Å². The molecule has 2 aromatic heterocycles. The third-order valence-electron chi connectivity index (χ3n) is 10.6. The Morgan fingerprint density at radius 2 is 1.83 bits per heavy atom. The quantitative estimate of drug-likeness (QED) is 0.219. The number of hydrogen-bond donors (Lipinski definition) is 2. The zero-order valence-electron chi connectivity index (χ0n) is 30.4. The molecular formula is C37H45ClN9O5S+. The summed E-state index contributed by atoms with van der Waals surface area (Å²) < 4.78 is 8.32. The van der Waals surface area contributed by atoms with E-state index in [4.69, 9.17) is 28.6 Å². The standard InChI is InChI=1S/C37H44ClN9O5S/c1-22-19-44(20-23(2)45(22)21-33(49)42-24-5-11-30(40-17-24)28-10-12-32(48)43-34(28)50)13-14-52-27-8-6-25(7-9-27)47-36(53)46(35(51)37(47,3)4)26-15-29(38)31(16-39)41-18-26/h5,11,15,17-18,22-23,27-28H,6-10,12-14,19-21H2,1-4H3,(H-,42,43,48,49,50)/p+1/t22-,23+,27?,28?. The topological polar surface area (TPSA) is 164 Å². The van der Waals surface area contributed by atoms with E-state index in [1.807, 2.05) is 24.5 Å². The fourth-order valence-electron chi connectivity index (χ4n) is 7.84. The molecule has 280 valence electrons. The normalized spacial score (nSPS) is 25.4. The zero-order chi connectivity index (χ0) is 38.0. The van der Waals surface area contributed by atoms with E-state index in [2.05, 4.69) is 44.2 Å². The van der Waals surface area contributed by atoms with Crippen molar-refractivity contribution >= 4 is 69.6 Å². The molecule has 3 saturated heterocycles. The van der Waals surface area contributed by atoms with Crippen LogP contribution in [-0.2, 0) is 23.9 Å². The third kappa shape index (κ3) is 8.32. The number of imide groups is 1. The average Bonchev–Trinajstić information content (AvgIpc) is 3.29. The molecule has 4 fully saturated rings. The number of thiocarbonyl (C=S) groups is 1. The predicted octanol–water partition coefficient (Wildman–Crippen LogP) is 3.38. The molecule has 2 N–H and O–H groups in total. The Balaban J connectivity index is 0.947. The van der Waals surface area contributed by atoms with Gasteiger partial charge in [-0.25, -0.2) is 14.4 Å². The fraction of sp³-hybridized carbons (Fsp3) is 0.541. The van der Waals surface area contributed by atoms with Crippen LogP contribution >= 0.6 is 23.8 Å². The summed E-state index contributed by atoms with van der Waals surface area (Å²) in [4.78, 5) is 64.7. The van der Waals surface area contributed by atoms with E-state index >= 15 is 0 Å². The first kappa shape index (κ1) is 38.5. The van der Waals surface area contributed by atoms with Gasteiger partial charge < -0.3 is 10.1 Å². The minimum atomic E-state index is -0.876. The van der Waals surface area contributed by atoms with Gasteiger partial charge >= 0.3 is 11.0 Å². The van der Waals surface area contributed by atoms with Gasteiger partial charge in [0.1, 0.15) is 6.07 Å². The van der Waals surface area contributed by atoms with Gasteiger partial charge in [0.05, 0.1) is 59.7 Å². The largest absolute Gasteiger partial charge is 0.377 e. The highest BCUT2D eigenvalue weighted by molar-refractivity contribution is 7.80. The van der Waals surface area contributed by atoms with Gasteiger partial charge in [-0.1, -0.05) is 11.6 Å². The number of nitrogens with one attached hydrogen (secondary N) is 2. The number of hydrogen-bond acceptors (Lipinski definition) is 11. The summed E-state index contributed by atoms with van der Waals surface area (Å²) in [6.45, 7) is 11.3. The summed E-state index contributed by atoms with van der Waals surface area (Å²) in [6, 6.07) is 7.28.